The van der Waals surface area contributed by atoms with E-state index in [-0.39, 0.29) is 18.1 Å². The smallest absolute Gasteiger partial charge is 0.239 e. The van der Waals surface area contributed by atoms with Crippen molar-refractivity contribution in [3.8, 4) is 5.75 Å². The van der Waals surface area contributed by atoms with E-state index >= 15 is 0 Å². The van der Waals surface area contributed by atoms with Crippen molar-refractivity contribution in [3.63, 3.8) is 0 Å². The number of ether oxygens (including phenoxy) is 1. The molecule has 21 heavy (non-hydrogen) atoms. The van der Waals surface area contributed by atoms with Gasteiger partial charge in [0.25, 0.3) is 0 Å². The van der Waals surface area contributed by atoms with Crippen molar-refractivity contribution in [3.05, 3.63) is 29.8 Å². The van der Waals surface area contributed by atoms with Gasteiger partial charge in [0, 0.05) is 25.2 Å². The molecule has 0 aliphatic carbocycles. The van der Waals surface area contributed by atoms with Crippen LogP contribution >= 0.6 is 0 Å². The molecule has 0 bridgehead atoms. The molecular formula is C17H28N2O2. The predicted molar refractivity (Wildman–Crippen MR) is 86.4 cm³/mol. The maximum atomic E-state index is 12.2. The molecule has 0 aromatic heterocycles. The Morgan fingerprint density at radius 1 is 1.19 bits per heavy atom. The van der Waals surface area contributed by atoms with E-state index in [0.29, 0.717) is 6.54 Å². The zero-order chi connectivity index (χ0) is 15.8. The predicted octanol–water partition coefficient (Wildman–Crippen LogP) is 2.82. The van der Waals surface area contributed by atoms with Crippen molar-refractivity contribution in [2.24, 2.45) is 0 Å². The molecule has 0 fully saturated rings. The maximum absolute atomic E-state index is 12.2. The van der Waals surface area contributed by atoms with E-state index in [2.05, 4.69) is 5.32 Å². The molecule has 0 heterocycles. The van der Waals surface area contributed by atoms with Gasteiger partial charge in [0.15, 0.2) is 0 Å². The van der Waals surface area contributed by atoms with Crippen LogP contribution in [-0.2, 0) is 11.3 Å². The summed E-state index contributed by atoms with van der Waals surface area (Å²) in [6, 6.07) is 7.75. The Labute approximate surface area is 128 Å². The van der Waals surface area contributed by atoms with Crippen LogP contribution in [0.1, 0.15) is 40.2 Å². The van der Waals surface area contributed by atoms with Crippen LogP contribution in [-0.4, -0.2) is 36.0 Å². The van der Waals surface area contributed by atoms with Crippen LogP contribution in [0.3, 0.4) is 0 Å². The summed E-state index contributed by atoms with van der Waals surface area (Å²) in [6.07, 6.45) is 0.140. The van der Waals surface area contributed by atoms with Gasteiger partial charge in [-0.25, -0.2) is 0 Å². The normalized spacial score (nSPS) is 12.3. The molecule has 1 aromatic carbocycles. The van der Waals surface area contributed by atoms with Crippen LogP contribution in [0.4, 0.5) is 0 Å². The van der Waals surface area contributed by atoms with Gasteiger partial charge >= 0.3 is 0 Å². The number of carbonyl (C=O) groups excluding carboxylic acids is 1. The molecular weight excluding hydrogens is 264 g/mol. The first kappa shape index (κ1) is 17.5. The first-order chi connectivity index (χ1) is 9.99. The molecule has 1 unspecified atom stereocenters. The van der Waals surface area contributed by atoms with Crippen LogP contribution in [0.15, 0.2) is 24.3 Å². The van der Waals surface area contributed by atoms with E-state index in [1.807, 2.05) is 63.8 Å². The Morgan fingerprint density at radius 3 is 2.38 bits per heavy atom. The lowest BCUT2D eigenvalue weighted by molar-refractivity contribution is -0.132. The average molecular weight is 292 g/mol. The van der Waals surface area contributed by atoms with Crippen LogP contribution in [0, 0.1) is 0 Å². The van der Waals surface area contributed by atoms with Gasteiger partial charge < -0.3 is 15.0 Å². The second-order valence-corrected chi connectivity index (χ2v) is 5.39. The highest BCUT2D eigenvalue weighted by molar-refractivity contribution is 5.81. The molecule has 4 nitrogen and oxygen atoms in total. The van der Waals surface area contributed by atoms with Gasteiger partial charge in [0.2, 0.25) is 5.91 Å². The zero-order valence-electron chi connectivity index (χ0n) is 13.8. The van der Waals surface area contributed by atoms with Gasteiger partial charge in [-0.05, 0) is 40.7 Å². The summed E-state index contributed by atoms with van der Waals surface area (Å²) in [5.41, 5.74) is 1.07. The summed E-state index contributed by atoms with van der Waals surface area (Å²) < 4.78 is 5.79. The Bertz CT molecular complexity index is 442. The monoisotopic (exact) mass is 292 g/mol. The Hall–Kier alpha value is -1.55. The fourth-order valence-electron chi connectivity index (χ4n) is 2.18. The van der Waals surface area contributed by atoms with Crippen molar-refractivity contribution in [2.75, 3.05) is 13.1 Å². The van der Waals surface area contributed by atoms with Gasteiger partial charge in [-0.1, -0.05) is 18.2 Å². The molecule has 0 aliphatic rings. The number of rotatable bonds is 8. The third-order valence-corrected chi connectivity index (χ3v) is 3.38. The van der Waals surface area contributed by atoms with E-state index in [0.717, 1.165) is 24.4 Å². The molecule has 0 saturated carbocycles. The van der Waals surface area contributed by atoms with Gasteiger partial charge in [-0.15, -0.1) is 0 Å². The standard InChI is InChI=1S/C17H28N2O2/c1-6-19(7-2)17(20)14(5)18-12-15-10-8-9-11-16(15)21-13(3)4/h8-11,13-14,18H,6-7,12H2,1-5H3. The molecule has 0 spiro atoms. The largest absolute Gasteiger partial charge is 0.491 e. The van der Waals surface area contributed by atoms with E-state index in [1.165, 1.54) is 0 Å². The van der Waals surface area contributed by atoms with Crippen molar-refractivity contribution in [1.82, 2.24) is 10.2 Å². The van der Waals surface area contributed by atoms with E-state index < -0.39 is 0 Å². The highest BCUT2D eigenvalue weighted by Crippen LogP contribution is 2.19. The Morgan fingerprint density at radius 2 is 1.81 bits per heavy atom. The quantitative estimate of drug-likeness (QED) is 0.801. The highest BCUT2D eigenvalue weighted by Gasteiger charge is 2.17. The van der Waals surface area contributed by atoms with Crippen LogP contribution in [0.5, 0.6) is 5.75 Å². The lowest BCUT2D eigenvalue weighted by Crippen LogP contribution is -2.44. The van der Waals surface area contributed by atoms with Crippen molar-refractivity contribution in [1.29, 1.82) is 0 Å². The minimum atomic E-state index is -0.197. The summed E-state index contributed by atoms with van der Waals surface area (Å²) in [4.78, 5) is 14.1. The Balaban J connectivity index is 2.64. The van der Waals surface area contributed by atoms with E-state index in [4.69, 9.17) is 4.74 Å². The van der Waals surface area contributed by atoms with Crippen LogP contribution < -0.4 is 10.1 Å². The molecule has 0 aliphatic heterocycles. The Kier molecular flexibility index (Phi) is 7.23. The lowest BCUT2D eigenvalue weighted by Gasteiger charge is -2.24. The summed E-state index contributed by atoms with van der Waals surface area (Å²) in [6.45, 7) is 12.0. The number of benzene rings is 1. The summed E-state index contributed by atoms with van der Waals surface area (Å²) in [7, 11) is 0. The summed E-state index contributed by atoms with van der Waals surface area (Å²) in [5.74, 6) is 1.02. The number of nitrogens with one attached hydrogen (secondary N) is 1. The first-order valence-corrected chi connectivity index (χ1v) is 7.76. The maximum Gasteiger partial charge on any atom is 0.239 e. The van der Waals surface area contributed by atoms with Crippen molar-refractivity contribution in [2.45, 2.75) is 53.3 Å². The zero-order valence-corrected chi connectivity index (χ0v) is 13.8. The number of likely N-dealkylation sites (N-methyl/N-ethyl adjacent to an activating group) is 1. The van der Waals surface area contributed by atoms with Gasteiger partial charge in [0.1, 0.15) is 5.75 Å². The third kappa shape index (κ3) is 5.38. The minimum absolute atomic E-state index is 0.140. The second-order valence-electron chi connectivity index (χ2n) is 5.39. The molecule has 4 heteroatoms. The van der Waals surface area contributed by atoms with E-state index in [1.54, 1.807) is 0 Å². The first-order valence-electron chi connectivity index (χ1n) is 7.76. The number of hydrogen-bond acceptors (Lipinski definition) is 3. The molecule has 1 aromatic rings. The SMILES string of the molecule is CCN(CC)C(=O)C(C)NCc1ccccc1OC(C)C. The third-order valence-electron chi connectivity index (χ3n) is 3.38. The van der Waals surface area contributed by atoms with Crippen molar-refractivity contribution >= 4 is 5.91 Å². The molecule has 118 valence electrons. The van der Waals surface area contributed by atoms with Gasteiger partial charge in [0.05, 0.1) is 12.1 Å². The number of para-hydroxylation sites is 1. The second kappa shape index (κ2) is 8.67. The topological polar surface area (TPSA) is 41.6 Å². The molecule has 1 N–H and O–H groups in total. The number of hydrogen-bond donors (Lipinski definition) is 1. The fourth-order valence-corrected chi connectivity index (χ4v) is 2.18. The van der Waals surface area contributed by atoms with Gasteiger partial charge in [-0.3, -0.25) is 4.79 Å². The number of carbonyl (C=O) groups is 1. The summed E-state index contributed by atoms with van der Waals surface area (Å²) >= 11 is 0. The van der Waals surface area contributed by atoms with Gasteiger partial charge in [-0.2, -0.15) is 0 Å². The molecule has 0 saturated heterocycles. The molecule has 1 rings (SSSR count). The van der Waals surface area contributed by atoms with Crippen LogP contribution in [0.2, 0.25) is 0 Å². The number of amides is 1. The lowest BCUT2D eigenvalue weighted by atomic mass is 10.1. The fraction of sp³-hybridized carbons (Fsp3) is 0.588. The van der Waals surface area contributed by atoms with Crippen LogP contribution in [0.25, 0.3) is 0 Å². The average Bonchev–Trinajstić information content (AvgIpc) is 2.46. The minimum Gasteiger partial charge on any atom is -0.491 e. The molecule has 0 radical (unpaired) electrons. The van der Waals surface area contributed by atoms with Crippen molar-refractivity contribution < 1.29 is 9.53 Å². The molecule has 1 amide bonds. The highest BCUT2D eigenvalue weighted by atomic mass is 16.5. The molecule has 1 atom stereocenters. The summed E-state index contributed by atoms with van der Waals surface area (Å²) in [5, 5.41) is 3.29. The number of nitrogens with zero attached hydrogens (tertiary/aromatic N) is 1. The van der Waals surface area contributed by atoms with E-state index in [9.17, 15) is 4.79 Å².